The Morgan fingerprint density at radius 1 is 1.42 bits per heavy atom. The van der Waals surface area contributed by atoms with Crippen LogP contribution < -0.4 is 10.1 Å². The van der Waals surface area contributed by atoms with Crippen molar-refractivity contribution in [3.05, 3.63) is 17.5 Å². The number of likely N-dealkylation sites (N-methyl/N-ethyl adjacent to an activating group) is 1. The van der Waals surface area contributed by atoms with Gasteiger partial charge in [-0.25, -0.2) is 0 Å². The number of methoxy groups -OCH3 is 1. The molecule has 1 fully saturated rings. The van der Waals surface area contributed by atoms with Crippen molar-refractivity contribution in [2.24, 2.45) is 0 Å². The second-order valence-corrected chi connectivity index (χ2v) is 4.96. The molecule has 0 radical (unpaired) electrons. The zero-order valence-electron chi connectivity index (χ0n) is 11.5. The van der Waals surface area contributed by atoms with Gasteiger partial charge in [0.05, 0.1) is 24.4 Å². The number of aryl methyl sites for hydroxylation is 1. The molecule has 19 heavy (non-hydrogen) atoms. The highest BCUT2D eigenvalue weighted by molar-refractivity contribution is 5.81. The maximum Gasteiger partial charge on any atom is 0.317 e. The van der Waals surface area contributed by atoms with E-state index in [0.717, 1.165) is 36.4 Å². The number of aromatic nitrogens is 3. The van der Waals surface area contributed by atoms with Gasteiger partial charge in [-0.1, -0.05) is 0 Å². The van der Waals surface area contributed by atoms with Crippen LogP contribution in [0.1, 0.15) is 17.3 Å². The molecule has 0 aromatic carbocycles. The Bertz CT molecular complexity index is 594. The van der Waals surface area contributed by atoms with E-state index in [-0.39, 0.29) is 0 Å². The van der Waals surface area contributed by atoms with Gasteiger partial charge in [0, 0.05) is 31.4 Å². The fourth-order valence-corrected chi connectivity index (χ4v) is 2.65. The van der Waals surface area contributed by atoms with Gasteiger partial charge in [-0.15, -0.1) is 0 Å². The summed E-state index contributed by atoms with van der Waals surface area (Å²) in [6.07, 6.45) is 2.04. The average molecular weight is 261 g/mol. The summed E-state index contributed by atoms with van der Waals surface area (Å²) >= 11 is 0. The van der Waals surface area contributed by atoms with E-state index in [1.54, 1.807) is 7.11 Å². The molecule has 6 nitrogen and oxygen atoms in total. The fourth-order valence-electron chi connectivity index (χ4n) is 2.65. The number of hydrogen-bond donors (Lipinski definition) is 2. The molecule has 2 aromatic heterocycles. The average Bonchev–Trinajstić information content (AvgIpc) is 2.83. The molecule has 0 saturated carbocycles. The van der Waals surface area contributed by atoms with Crippen molar-refractivity contribution < 1.29 is 4.74 Å². The number of aromatic amines is 1. The van der Waals surface area contributed by atoms with Crippen LogP contribution in [0.15, 0.2) is 6.20 Å². The number of piperazine rings is 1. The molecule has 2 N–H and O–H groups in total. The summed E-state index contributed by atoms with van der Waals surface area (Å²) in [6, 6.07) is 0.763. The lowest BCUT2D eigenvalue weighted by Gasteiger charge is -2.32. The third-order valence-corrected chi connectivity index (χ3v) is 3.77. The molecule has 0 amide bonds. The van der Waals surface area contributed by atoms with Crippen molar-refractivity contribution >= 4 is 11.0 Å². The topological polar surface area (TPSA) is 66.1 Å². The molecule has 0 aliphatic carbocycles. The van der Waals surface area contributed by atoms with Gasteiger partial charge >= 0.3 is 6.01 Å². The number of nitrogens with one attached hydrogen (secondary N) is 2. The lowest BCUT2D eigenvalue weighted by molar-refractivity contribution is 0.203. The molecule has 1 atom stereocenters. The summed E-state index contributed by atoms with van der Waals surface area (Å²) in [5.74, 6) is 0. The van der Waals surface area contributed by atoms with Crippen molar-refractivity contribution in [2.75, 3.05) is 33.8 Å². The van der Waals surface area contributed by atoms with E-state index in [1.165, 1.54) is 5.56 Å². The summed E-state index contributed by atoms with van der Waals surface area (Å²) in [7, 11) is 3.75. The lowest BCUT2D eigenvalue weighted by Crippen LogP contribution is -2.43. The maximum atomic E-state index is 5.18. The standard InChI is InChI=1S/C13H19N5O/c1-8-11-12(17-13(16-8)19-3)9(6-15-11)10-7-14-4-5-18(10)2/h6,10,14-15H,4-5,7H2,1-3H3. The third kappa shape index (κ3) is 2.06. The summed E-state index contributed by atoms with van der Waals surface area (Å²) in [4.78, 5) is 14.4. The van der Waals surface area contributed by atoms with Gasteiger partial charge in [0.1, 0.15) is 5.52 Å². The highest BCUT2D eigenvalue weighted by atomic mass is 16.5. The molecule has 3 heterocycles. The third-order valence-electron chi connectivity index (χ3n) is 3.77. The van der Waals surface area contributed by atoms with Gasteiger partial charge in [0.2, 0.25) is 0 Å². The van der Waals surface area contributed by atoms with Gasteiger partial charge in [-0.2, -0.15) is 9.97 Å². The first kappa shape index (κ1) is 12.4. The Kier molecular flexibility index (Phi) is 3.12. The smallest absolute Gasteiger partial charge is 0.317 e. The second-order valence-electron chi connectivity index (χ2n) is 4.96. The largest absolute Gasteiger partial charge is 0.467 e. The van der Waals surface area contributed by atoms with E-state index in [4.69, 9.17) is 4.74 Å². The zero-order valence-corrected chi connectivity index (χ0v) is 11.5. The van der Waals surface area contributed by atoms with Crippen LogP contribution in [-0.2, 0) is 0 Å². The minimum Gasteiger partial charge on any atom is -0.467 e. The van der Waals surface area contributed by atoms with E-state index in [9.17, 15) is 0 Å². The molecule has 3 rings (SSSR count). The van der Waals surface area contributed by atoms with Gasteiger partial charge < -0.3 is 15.0 Å². The normalized spacial score (nSPS) is 20.9. The van der Waals surface area contributed by atoms with Gasteiger partial charge in [0.25, 0.3) is 0 Å². The lowest BCUT2D eigenvalue weighted by atomic mass is 10.1. The van der Waals surface area contributed by atoms with E-state index in [1.807, 2.05) is 13.1 Å². The highest BCUT2D eigenvalue weighted by Gasteiger charge is 2.24. The number of H-pyrrole nitrogens is 1. The fraction of sp³-hybridized carbons (Fsp3) is 0.538. The van der Waals surface area contributed by atoms with Crippen molar-refractivity contribution in [2.45, 2.75) is 13.0 Å². The van der Waals surface area contributed by atoms with Crippen molar-refractivity contribution in [1.82, 2.24) is 25.2 Å². The van der Waals surface area contributed by atoms with Crippen LogP contribution in [-0.4, -0.2) is 53.6 Å². The second kappa shape index (κ2) is 4.79. The van der Waals surface area contributed by atoms with Gasteiger partial charge in [0.15, 0.2) is 0 Å². The van der Waals surface area contributed by atoms with Crippen LogP contribution in [0.2, 0.25) is 0 Å². The van der Waals surface area contributed by atoms with Gasteiger partial charge in [-0.3, -0.25) is 4.90 Å². The Morgan fingerprint density at radius 3 is 3.00 bits per heavy atom. The molecule has 1 unspecified atom stereocenters. The van der Waals surface area contributed by atoms with E-state index < -0.39 is 0 Å². The Morgan fingerprint density at radius 2 is 2.26 bits per heavy atom. The maximum absolute atomic E-state index is 5.18. The van der Waals surface area contributed by atoms with E-state index in [0.29, 0.717) is 12.1 Å². The van der Waals surface area contributed by atoms with Crippen molar-refractivity contribution in [3.8, 4) is 6.01 Å². The van der Waals surface area contributed by atoms with Crippen LogP contribution in [0.25, 0.3) is 11.0 Å². The summed E-state index contributed by atoms with van der Waals surface area (Å²) in [6.45, 7) is 4.98. The Balaban J connectivity index is 2.10. The zero-order chi connectivity index (χ0) is 13.4. The molecule has 102 valence electrons. The van der Waals surface area contributed by atoms with Crippen LogP contribution in [0.5, 0.6) is 6.01 Å². The predicted molar refractivity (Wildman–Crippen MR) is 73.4 cm³/mol. The molecule has 0 spiro atoms. The van der Waals surface area contributed by atoms with Crippen LogP contribution in [0.4, 0.5) is 0 Å². The minimum atomic E-state index is 0.335. The molecule has 1 aliphatic rings. The molecule has 1 saturated heterocycles. The van der Waals surface area contributed by atoms with Crippen molar-refractivity contribution in [3.63, 3.8) is 0 Å². The first-order valence-electron chi connectivity index (χ1n) is 6.51. The Labute approximate surface area is 112 Å². The van der Waals surface area contributed by atoms with Crippen molar-refractivity contribution in [1.29, 1.82) is 0 Å². The Hall–Kier alpha value is -1.66. The number of hydrogen-bond acceptors (Lipinski definition) is 5. The van der Waals surface area contributed by atoms with Gasteiger partial charge in [-0.05, 0) is 14.0 Å². The minimum absolute atomic E-state index is 0.335. The van der Waals surface area contributed by atoms with E-state index in [2.05, 4.69) is 32.2 Å². The summed E-state index contributed by atoms with van der Waals surface area (Å²) in [5.41, 5.74) is 4.08. The summed E-state index contributed by atoms with van der Waals surface area (Å²) in [5, 5.41) is 3.43. The van der Waals surface area contributed by atoms with Crippen LogP contribution >= 0.6 is 0 Å². The van der Waals surface area contributed by atoms with E-state index >= 15 is 0 Å². The summed E-state index contributed by atoms with van der Waals surface area (Å²) < 4.78 is 5.18. The molecule has 2 aromatic rings. The predicted octanol–water partition coefficient (Wildman–Crippen LogP) is 0.851. The molecular weight excluding hydrogens is 242 g/mol. The number of rotatable bonds is 2. The van der Waals surface area contributed by atoms with Crippen LogP contribution in [0, 0.1) is 6.92 Å². The number of ether oxygens (including phenoxy) is 1. The monoisotopic (exact) mass is 261 g/mol. The highest BCUT2D eigenvalue weighted by Crippen LogP contribution is 2.29. The molecular formula is C13H19N5O. The number of nitrogens with zero attached hydrogens (tertiary/aromatic N) is 3. The quantitative estimate of drug-likeness (QED) is 0.839. The molecule has 0 bridgehead atoms. The SMILES string of the molecule is COc1nc(C)c2[nH]cc(C3CNCCN3C)c2n1. The molecule has 1 aliphatic heterocycles. The first-order valence-corrected chi connectivity index (χ1v) is 6.51. The van der Waals surface area contributed by atoms with Crippen LogP contribution in [0.3, 0.4) is 0 Å². The number of fused-ring (bicyclic) bond motifs is 1. The molecule has 6 heteroatoms. The first-order chi connectivity index (χ1) is 9.20.